The van der Waals surface area contributed by atoms with Crippen molar-refractivity contribution in [2.24, 2.45) is 34.5 Å². The van der Waals surface area contributed by atoms with Gasteiger partial charge in [0.25, 0.3) is 0 Å². The van der Waals surface area contributed by atoms with Gasteiger partial charge in [0.05, 0.1) is 39.5 Å². The Balaban J connectivity index is 1.29. The van der Waals surface area contributed by atoms with Crippen LogP contribution in [0.4, 0.5) is 0 Å². The summed E-state index contributed by atoms with van der Waals surface area (Å²) in [5.41, 5.74) is 0.411. The number of piperidine rings is 1. The molecule has 2 saturated heterocycles. The van der Waals surface area contributed by atoms with Gasteiger partial charge in [-0.2, -0.15) is 0 Å². The van der Waals surface area contributed by atoms with Gasteiger partial charge in [0, 0.05) is 44.3 Å². The smallest absolute Gasteiger partial charge is 0.302 e. The van der Waals surface area contributed by atoms with Crippen molar-refractivity contribution in [2.75, 3.05) is 52.5 Å². The first kappa shape index (κ1) is 31.7. The Hall–Kier alpha value is -1.28. The molecule has 0 N–H and O–H groups in total. The highest BCUT2D eigenvalue weighted by atomic mass is 16.5. The van der Waals surface area contributed by atoms with E-state index in [2.05, 4.69) is 31.4 Å². The molecule has 7 heteroatoms. The lowest BCUT2D eigenvalue weighted by Gasteiger charge is -2.62. The largest absolute Gasteiger partial charge is 0.461 e. The van der Waals surface area contributed by atoms with Crippen molar-refractivity contribution >= 4 is 12.3 Å². The lowest BCUT2D eigenvalue weighted by atomic mass is 9.44. The average molecular weight is 600 g/mol. The molecule has 4 saturated carbocycles. The van der Waals surface area contributed by atoms with E-state index in [-0.39, 0.29) is 35.0 Å². The molecule has 43 heavy (non-hydrogen) atoms. The number of fused-ring (bicyclic) bond motifs is 5. The third-order valence-electron chi connectivity index (χ3n) is 13.9. The van der Waals surface area contributed by atoms with Crippen LogP contribution in [0.2, 0.25) is 0 Å². The van der Waals surface area contributed by atoms with Crippen molar-refractivity contribution < 1.29 is 28.3 Å². The van der Waals surface area contributed by atoms with E-state index in [4.69, 9.17) is 14.2 Å². The van der Waals surface area contributed by atoms with Crippen LogP contribution >= 0.6 is 0 Å². The van der Waals surface area contributed by atoms with E-state index in [1.165, 1.54) is 64.5 Å². The summed E-state index contributed by atoms with van der Waals surface area (Å²) in [7, 11) is 0. The number of quaternary nitrogens is 1. The fourth-order valence-electron chi connectivity index (χ4n) is 11.9. The van der Waals surface area contributed by atoms with Gasteiger partial charge in [-0.15, -0.1) is 0 Å². The summed E-state index contributed by atoms with van der Waals surface area (Å²) in [5, 5.41) is 0. The zero-order valence-corrected chi connectivity index (χ0v) is 27.4. The molecule has 6 rings (SSSR count). The van der Waals surface area contributed by atoms with E-state index in [1.807, 2.05) is 0 Å². The number of morpholine rings is 1. The van der Waals surface area contributed by atoms with Crippen LogP contribution in [0.1, 0.15) is 91.4 Å². The van der Waals surface area contributed by atoms with Crippen molar-refractivity contribution in [3.05, 3.63) is 12.7 Å². The molecule has 6 fully saturated rings. The number of carbonyl (C=O) groups excluding carboxylic acids is 2. The average Bonchev–Trinajstić information content (AvgIpc) is 3.31. The van der Waals surface area contributed by atoms with Crippen LogP contribution in [0.3, 0.4) is 0 Å². The molecule has 242 valence electrons. The van der Waals surface area contributed by atoms with E-state index in [1.54, 1.807) is 6.92 Å². The van der Waals surface area contributed by atoms with Crippen LogP contribution in [-0.4, -0.2) is 98.5 Å². The Morgan fingerprint density at radius 1 is 1.05 bits per heavy atom. The fraction of sp³-hybridized carbons (Fsp3) is 0.889. The van der Waals surface area contributed by atoms with E-state index >= 15 is 0 Å². The first-order chi connectivity index (χ1) is 20.8. The maximum atomic E-state index is 12.2. The highest BCUT2D eigenvalue weighted by Crippen LogP contribution is 2.67. The Morgan fingerprint density at radius 2 is 1.81 bits per heavy atom. The number of hydrogen-bond acceptors (Lipinski definition) is 6. The van der Waals surface area contributed by atoms with Crippen LogP contribution in [0, 0.1) is 34.5 Å². The monoisotopic (exact) mass is 599 g/mol. The molecule has 4 aliphatic carbocycles. The second-order valence-corrected chi connectivity index (χ2v) is 15.8. The normalized spacial score (nSPS) is 44.4. The minimum atomic E-state index is -0.138. The molecule has 7 nitrogen and oxygen atoms in total. The van der Waals surface area contributed by atoms with E-state index in [0.717, 1.165) is 56.5 Å². The summed E-state index contributed by atoms with van der Waals surface area (Å²) < 4.78 is 19.8. The van der Waals surface area contributed by atoms with Crippen molar-refractivity contribution in [1.82, 2.24) is 4.90 Å². The summed E-state index contributed by atoms with van der Waals surface area (Å²) in [4.78, 5) is 26.1. The first-order valence-electron chi connectivity index (χ1n) is 17.8. The maximum Gasteiger partial charge on any atom is 0.302 e. The predicted molar refractivity (Wildman–Crippen MR) is 167 cm³/mol. The summed E-state index contributed by atoms with van der Waals surface area (Å²) in [6.45, 7) is 18.5. The topological polar surface area (TPSA) is 65.1 Å². The van der Waals surface area contributed by atoms with Gasteiger partial charge < -0.3 is 23.5 Å². The maximum absolute atomic E-state index is 12.2. The van der Waals surface area contributed by atoms with Crippen molar-refractivity contribution in [2.45, 2.75) is 116 Å². The number of hydrogen-bond donors (Lipinski definition) is 0. The van der Waals surface area contributed by atoms with Crippen molar-refractivity contribution in [3.8, 4) is 0 Å². The molecule has 0 aromatic carbocycles. The standard InChI is InChI=1S/C36H59N2O5/c1-5-16-38(17-7-6-8-18-38)32-24-30-28-11-10-27-23-33(43-26(2)40)31(37-14-21-41-22-15-37)25-36(27,4)29(28)12-13-35(30,3)34(32)42-20-9-19-39/h5,19,27-34H,1,6-18,20-25H2,2-4H3/q+1/t27-,28+,29-,30-,31-,32-,33-,34-,35-,36-/m0/s1. The number of ether oxygens (including phenoxy) is 3. The summed E-state index contributed by atoms with van der Waals surface area (Å²) >= 11 is 0. The highest BCUT2D eigenvalue weighted by Gasteiger charge is 2.67. The van der Waals surface area contributed by atoms with Crippen LogP contribution in [0.5, 0.6) is 0 Å². The lowest BCUT2D eigenvalue weighted by molar-refractivity contribution is -0.953. The van der Waals surface area contributed by atoms with Gasteiger partial charge in [0.2, 0.25) is 0 Å². The quantitative estimate of drug-likeness (QED) is 0.116. The molecule has 0 unspecified atom stereocenters. The summed E-state index contributed by atoms with van der Waals surface area (Å²) in [6.07, 6.45) is 16.2. The first-order valence-corrected chi connectivity index (χ1v) is 17.8. The third kappa shape index (κ3) is 5.67. The zero-order chi connectivity index (χ0) is 30.2. The number of esters is 1. The molecular formula is C36H59N2O5+. The fourth-order valence-corrected chi connectivity index (χ4v) is 11.9. The Kier molecular flexibility index (Phi) is 9.47. The van der Waals surface area contributed by atoms with Gasteiger partial charge >= 0.3 is 5.97 Å². The minimum absolute atomic E-state index is 0.00657. The molecule has 6 aliphatic rings. The van der Waals surface area contributed by atoms with Gasteiger partial charge in [-0.3, -0.25) is 9.69 Å². The molecule has 2 aliphatic heterocycles. The molecule has 0 aromatic rings. The van der Waals surface area contributed by atoms with Gasteiger partial charge in [-0.25, -0.2) is 0 Å². The molecule has 10 atom stereocenters. The summed E-state index contributed by atoms with van der Waals surface area (Å²) in [6, 6.07) is 0.775. The second-order valence-electron chi connectivity index (χ2n) is 15.8. The van der Waals surface area contributed by atoms with Gasteiger partial charge in [-0.1, -0.05) is 20.4 Å². The third-order valence-corrected chi connectivity index (χ3v) is 13.9. The Bertz CT molecular complexity index is 1010. The molecule has 2 heterocycles. The zero-order valence-electron chi connectivity index (χ0n) is 27.4. The van der Waals surface area contributed by atoms with Crippen LogP contribution in [-0.2, 0) is 23.8 Å². The molecule has 0 amide bonds. The lowest BCUT2D eigenvalue weighted by Crippen LogP contribution is -2.63. The SMILES string of the molecule is C=CC[N+]1([C@H]2C[C@H]3[C@@H]4CC[C@H]5C[C@H](OC(C)=O)[C@@H](N6CCOCC6)C[C@]5(C)[C@H]4CC[C@]3(C)[C@H]2OCCC=O)CCCCC1. The number of carbonyl (C=O) groups is 2. The molecule has 0 bridgehead atoms. The Morgan fingerprint density at radius 3 is 2.51 bits per heavy atom. The van der Waals surface area contributed by atoms with Crippen LogP contribution < -0.4 is 0 Å². The highest BCUT2D eigenvalue weighted by molar-refractivity contribution is 5.66. The van der Waals surface area contributed by atoms with Crippen molar-refractivity contribution in [1.29, 1.82) is 0 Å². The van der Waals surface area contributed by atoms with Gasteiger partial charge in [0.15, 0.2) is 0 Å². The molecule has 0 spiro atoms. The van der Waals surface area contributed by atoms with Crippen LogP contribution in [0.15, 0.2) is 12.7 Å². The van der Waals surface area contributed by atoms with E-state index in [0.29, 0.717) is 42.7 Å². The van der Waals surface area contributed by atoms with Crippen LogP contribution in [0.25, 0.3) is 0 Å². The summed E-state index contributed by atoms with van der Waals surface area (Å²) in [5.74, 6) is 2.55. The molecular weight excluding hydrogens is 540 g/mol. The molecule has 0 radical (unpaired) electrons. The van der Waals surface area contributed by atoms with Gasteiger partial charge in [-0.05, 0) is 93.0 Å². The second kappa shape index (κ2) is 12.8. The van der Waals surface area contributed by atoms with Gasteiger partial charge in [0.1, 0.15) is 24.5 Å². The number of rotatable bonds is 9. The molecule has 0 aromatic heterocycles. The number of likely N-dealkylation sites (tertiary alicyclic amines) is 1. The van der Waals surface area contributed by atoms with E-state index < -0.39 is 0 Å². The van der Waals surface area contributed by atoms with Crippen molar-refractivity contribution in [3.63, 3.8) is 0 Å². The minimum Gasteiger partial charge on any atom is -0.461 e. The van der Waals surface area contributed by atoms with E-state index in [9.17, 15) is 9.59 Å². The Labute approximate surface area is 260 Å². The number of nitrogens with zero attached hydrogens (tertiary/aromatic N) is 2. The number of aldehydes is 1. The predicted octanol–water partition coefficient (Wildman–Crippen LogP) is 5.41.